The molecule has 0 aliphatic carbocycles. The SMILES string of the molecule is CCCNC(=O)Nc1ccc(C(=N)N)cc1OC. The number of nitrogens with two attached hydrogens (primary N) is 1. The summed E-state index contributed by atoms with van der Waals surface area (Å²) in [5.74, 6) is 0.421. The molecule has 0 saturated heterocycles. The van der Waals surface area contributed by atoms with Gasteiger partial charge in [-0.05, 0) is 24.6 Å². The largest absolute Gasteiger partial charge is 0.495 e. The maximum atomic E-state index is 11.5. The zero-order valence-corrected chi connectivity index (χ0v) is 10.5. The number of nitrogens with one attached hydrogen (secondary N) is 3. The molecule has 0 atom stereocenters. The number of ether oxygens (including phenoxy) is 1. The maximum Gasteiger partial charge on any atom is 0.319 e. The molecule has 0 unspecified atom stereocenters. The number of anilines is 1. The summed E-state index contributed by atoms with van der Waals surface area (Å²) < 4.78 is 5.15. The Bertz CT molecular complexity index is 446. The lowest BCUT2D eigenvalue weighted by Crippen LogP contribution is -2.29. The molecular weight excluding hydrogens is 232 g/mol. The highest BCUT2D eigenvalue weighted by atomic mass is 16.5. The van der Waals surface area contributed by atoms with Crippen molar-refractivity contribution in [1.29, 1.82) is 5.41 Å². The molecule has 0 fully saturated rings. The standard InChI is InChI=1S/C12H18N4O2/c1-3-6-15-12(17)16-9-5-4-8(11(13)14)7-10(9)18-2/h4-5,7H,3,6H2,1-2H3,(H3,13,14)(H2,15,16,17). The van der Waals surface area contributed by atoms with E-state index in [0.29, 0.717) is 23.5 Å². The molecule has 1 rings (SSSR count). The van der Waals surface area contributed by atoms with Crippen LogP contribution in [0.5, 0.6) is 5.75 Å². The van der Waals surface area contributed by atoms with Crippen LogP contribution in [0.4, 0.5) is 10.5 Å². The highest BCUT2D eigenvalue weighted by Gasteiger charge is 2.08. The van der Waals surface area contributed by atoms with Gasteiger partial charge in [-0.2, -0.15) is 0 Å². The van der Waals surface area contributed by atoms with E-state index in [1.807, 2.05) is 6.92 Å². The third-order valence-electron chi connectivity index (χ3n) is 2.30. The summed E-state index contributed by atoms with van der Waals surface area (Å²) in [6.45, 7) is 2.59. The van der Waals surface area contributed by atoms with Gasteiger partial charge < -0.3 is 21.1 Å². The molecule has 0 heterocycles. The molecule has 0 saturated carbocycles. The maximum absolute atomic E-state index is 11.5. The van der Waals surface area contributed by atoms with Crippen LogP contribution in [-0.2, 0) is 0 Å². The zero-order chi connectivity index (χ0) is 13.5. The van der Waals surface area contributed by atoms with Crippen molar-refractivity contribution in [3.05, 3.63) is 23.8 Å². The normalized spacial score (nSPS) is 9.67. The summed E-state index contributed by atoms with van der Waals surface area (Å²) in [7, 11) is 1.49. The van der Waals surface area contributed by atoms with E-state index >= 15 is 0 Å². The van der Waals surface area contributed by atoms with Crippen molar-refractivity contribution in [2.24, 2.45) is 5.73 Å². The lowest BCUT2D eigenvalue weighted by atomic mass is 10.1. The average molecular weight is 250 g/mol. The monoisotopic (exact) mass is 250 g/mol. The smallest absolute Gasteiger partial charge is 0.319 e. The third-order valence-corrected chi connectivity index (χ3v) is 2.30. The average Bonchev–Trinajstić information content (AvgIpc) is 2.36. The predicted octanol–water partition coefficient (Wildman–Crippen LogP) is 1.51. The van der Waals surface area contributed by atoms with Crippen LogP contribution in [-0.4, -0.2) is 25.5 Å². The van der Waals surface area contributed by atoms with Gasteiger partial charge in [-0.3, -0.25) is 5.41 Å². The molecule has 0 radical (unpaired) electrons. The summed E-state index contributed by atoms with van der Waals surface area (Å²) in [5.41, 5.74) is 6.47. The van der Waals surface area contributed by atoms with Gasteiger partial charge in [-0.15, -0.1) is 0 Å². The number of amides is 2. The van der Waals surface area contributed by atoms with Crippen LogP contribution in [0.1, 0.15) is 18.9 Å². The molecular formula is C12H18N4O2. The number of amidine groups is 1. The predicted molar refractivity (Wildman–Crippen MR) is 71.3 cm³/mol. The van der Waals surface area contributed by atoms with Crippen molar-refractivity contribution in [2.75, 3.05) is 19.0 Å². The van der Waals surface area contributed by atoms with Crippen molar-refractivity contribution >= 4 is 17.6 Å². The number of hydrogen-bond acceptors (Lipinski definition) is 3. The second-order valence-corrected chi connectivity index (χ2v) is 3.71. The minimum absolute atomic E-state index is 0.0460. The van der Waals surface area contributed by atoms with E-state index in [2.05, 4.69) is 10.6 Å². The number of hydrogen-bond donors (Lipinski definition) is 4. The fourth-order valence-corrected chi connectivity index (χ4v) is 1.37. The van der Waals surface area contributed by atoms with Gasteiger partial charge in [0.2, 0.25) is 0 Å². The van der Waals surface area contributed by atoms with Gasteiger partial charge in [-0.1, -0.05) is 6.92 Å². The van der Waals surface area contributed by atoms with Crippen molar-refractivity contribution in [1.82, 2.24) is 5.32 Å². The Balaban J connectivity index is 2.82. The highest BCUT2D eigenvalue weighted by Crippen LogP contribution is 2.25. The third kappa shape index (κ3) is 3.65. The number of urea groups is 1. The van der Waals surface area contributed by atoms with Crippen LogP contribution in [0.15, 0.2) is 18.2 Å². The molecule has 2 amide bonds. The van der Waals surface area contributed by atoms with E-state index in [1.54, 1.807) is 18.2 Å². The summed E-state index contributed by atoms with van der Waals surface area (Å²) in [4.78, 5) is 11.5. The number of carbonyl (C=O) groups is 1. The molecule has 0 bridgehead atoms. The minimum atomic E-state index is -0.286. The van der Waals surface area contributed by atoms with Gasteiger partial charge >= 0.3 is 6.03 Å². The Morgan fingerprint density at radius 2 is 2.22 bits per heavy atom. The summed E-state index contributed by atoms with van der Waals surface area (Å²) in [5, 5.41) is 12.7. The number of rotatable bonds is 5. The molecule has 1 aromatic rings. The molecule has 5 N–H and O–H groups in total. The Kier molecular flexibility index (Phi) is 4.98. The van der Waals surface area contributed by atoms with Crippen molar-refractivity contribution in [2.45, 2.75) is 13.3 Å². The number of methoxy groups -OCH3 is 1. The number of carbonyl (C=O) groups excluding carboxylic acids is 1. The van der Waals surface area contributed by atoms with E-state index in [-0.39, 0.29) is 11.9 Å². The molecule has 98 valence electrons. The summed E-state index contributed by atoms with van der Waals surface area (Å²) in [6.07, 6.45) is 0.869. The van der Waals surface area contributed by atoms with E-state index in [9.17, 15) is 4.79 Å². The van der Waals surface area contributed by atoms with Crippen molar-refractivity contribution in [3.8, 4) is 5.75 Å². The highest BCUT2D eigenvalue weighted by molar-refractivity contribution is 5.97. The van der Waals surface area contributed by atoms with Crippen LogP contribution < -0.4 is 21.1 Å². The van der Waals surface area contributed by atoms with Crippen LogP contribution in [0, 0.1) is 5.41 Å². The topological polar surface area (TPSA) is 100 Å². The van der Waals surface area contributed by atoms with Gasteiger partial charge in [0.25, 0.3) is 0 Å². The van der Waals surface area contributed by atoms with Gasteiger partial charge in [0, 0.05) is 12.1 Å². The van der Waals surface area contributed by atoms with E-state index in [4.69, 9.17) is 15.9 Å². The van der Waals surface area contributed by atoms with Gasteiger partial charge in [-0.25, -0.2) is 4.79 Å². The zero-order valence-electron chi connectivity index (χ0n) is 10.5. The quantitative estimate of drug-likeness (QED) is 0.470. The van der Waals surface area contributed by atoms with Gasteiger partial charge in [0.1, 0.15) is 11.6 Å². The molecule has 0 aromatic heterocycles. The Hall–Kier alpha value is -2.24. The van der Waals surface area contributed by atoms with E-state index in [1.165, 1.54) is 7.11 Å². The Labute approximate surface area is 106 Å². The second-order valence-electron chi connectivity index (χ2n) is 3.71. The van der Waals surface area contributed by atoms with Crippen molar-refractivity contribution < 1.29 is 9.53 Å². The molecule has 0 spiro atoms. The van der Waals surface area contributed by atoms with Crippen molar-refractivity contribution in [3.63, 3.8) is 0 Å². The molecule has 6 nitrogen and oxygen atoms in total. The first-order chi connectivity index (χ1) is 8.58. The minimum Gasteiger partial charge on any atom is -0.495 e. The van der Waals surface area contributed by atoms with Crippen LogP contribution in [0.25, 0.3) is 0 Å². The molecule has 0 aliphatic rings. The lowest BCUT2D eigenvalue weighted by molar-refractivity contribution is 0.252. The first-order valence-electron chi connectivity index (χ1n) is 5.65. The molecule has 1 aromatic carbocycles. The lowest BCUT2D eigenvalue weighted by Gasteiger charge is -2.12. The first-order valence-corrected chi connectivity index (χ1v) is 5.65. The van der Waals surface area contributed by atoms with Gasteiger partial charge in [0.15, 0.2) is 0 Å². The first kappa shape index (κ1) is 13.8. The van der Waals surface area contributed by atoms with E-state index < -0.39 is 0 Å². The van der Waals surface area contributed by atoms with Crippen LogP contribution in [0.2, 0.25) is 0 Å². The second kappa shape index (κ2) is 6.48. The molecule has 0 aliphatic heterocycles. The fraction of sp³-hybridized carbons (Fsp3) is 0.333. The van der Waals surface area contributed by atoms with Crippen LogP contribution >= 0.6 is 0 Å². The van der Waals surface area contributed by atoms with E-state index in [0.717, 1.165) is 6.42 Å². The summed E-state index contributed by atoms with van der Waals surface area (Å²) >= 11 is 0. The fourth-order valence-electron chi connectivity index (χ4n) is 1.37. The molecule has 6 heteroatoms. The Morgan fingerprint density at radius 3 is 2.78 bits per heavy atom. The summed E-state index contributed by atoms with van der Waals surface area (Å²) in [6, 6.07) is 4.63. The number of nitrogen functional groups attached to an aromatic ring is 1. The molecule has 18 heavy (non-hydrogen) atoms. The van der Waals surface area contributed by atoms with Gasteiger partial charge in [0.05, 0.1) is 12.8 Å². The number of benzene rings is 1. The van der Waals surface area contributed by atoms with Crippen LogP contribution in [0.3, 0.4) is 0 Å². The Morgan fingerprint density at radius 1 is 1.50 bits per heavy atom.